The Balaban J connectivity index is 1.66. The lowest BCUT2D eigenvalue weighted by molar-refractivity contribution is -0.0449. The largest absolute Gasteiger partial charge is 0.389 e. The molecule has 2 heterocycles. The van der Waals surface area contributed by atoms with Crippen LogP contribution in [0.15, 0.2) is 23.4 Å². The Labute approximate surface area is 124 Å². The normalized spacial score (nSPS) is 20.8. The third-order valence-electron chi connectivity index (χ3n) is 4.97. The molecule has 1 aliphatic carbocycles. The van der Waals surface area contributed by atoms with Crippen molar-refractivity contribution in [3.05, 3.63) is 29.5 Å². The van der Waals surface area contributed by atoms with Gasteiger partial charge in [0.2, 0.25) is 0 Å². The van der Waals surface area contributed by atoms with E-state index in [-0.39, 0.29) is 5.60 Å². The summed E-state index contributed by atoms with van der Waals surface area (Å²) in [6.45, 7) is 2.05. The van der Waals surface area contributed by atoms with Crippen LogP contribution in [-0.4, -0.2) is 21.1 Å². The molecule has 1 aliphatic heterocycles. The van der Waals surface area contributed by atoms with Gasteiger partial charge >= 0.3 is 0 Å². The highest BCUT2D eigenvalue weighted by atomic mass is 16.7. The summed E-state index contributed by atoms with van der Waals surface area (Å²) < 4.78 is 1.95. The lowest BCUT2D eigenvalue weighted by Gasteiger charge is -2.30. The molecule has 1 aromatic heterocycles. The molecule has 1 fully saturated rings. The number of aryl methyl sites for hydroxylation is 2. The molecular formula is C17H21N3O. The molecule has 0 N–H and O–H groups in total. The van der Waals surface area contributed by atoms with Gasteiger partial charge in [0, 0.05) is 24.4 Å². The zero-order chi connectivity index (χ0) is 14.4. The maximum absolute atomic E-state index is 5.86. The van der Waals surface area contributed by atoms with E-state index in [0.29, 0.717) is 0 Å². The molecule has 2 aromatic rings. The second-order valence-corrected chi connectivity index (χ2v) is 6.49. The molecule has 1 saturated carbocycles. The van der Waals surface area contributed by atoms with Crippen LogP contribution in [-0.2, 0) is 11.9 Å². The highest BCUT2D eigenvalue weighted by Crippen LogP contribution is 2.39. The van der Waals surface area contributed by atoms with Gasteiger partial charge in [-0.3, -0.25) is 4.68 Å². The van der Waals surface area contributed by atoms with Crippen LogP contribution in [0.25, 0.3) is 10.9 Å². The van der Waals surface area contributed by atoms with Crippen molar-refractivity contribution in [1.29, 1.82) is 0 Å². The molecule has 0 unspecified atom stereocenters. The van der Waals surface area contributed by atoms with Crippen molar-refractivity contribution in [2.45, 2.75) is 51.0 Å². The number of hydrogen-bond acceptors (Lipinski definition) is 3. The Morgan fingerprint density at radius 2 is 2.00 bits per heavy atom. The molecule has 4 rings (SSSR count). The zero-order valence-electron chi connectivity index (χ0n) is 12.7. The lowest BCUT2D eigenvalue weighted by Crippen LogP contribution is -2.31. The predicted molar refractivity (Wildman–Crippen MR) is 83.5 cm³/mol. The number of rotatable bonds is 1. The van der Waals surface area contributed by atoms with Crippen LogP contribution in [0.2, 0.25) is 0 Å². The Morgan fingerprint density at radius 3 is 2.81 bits per heavy atom. The van der Waals surface area contributed by atoms with Gasteiger partial charge in [-0.05, 0) is 38.7 Å². The van der Waals surface area contributed by atoms with Crippen molar-refractivity contribution in [3.8, 4) is 0 Å². The van der Waals surface area contributed by atoms with Gasteiger partial charge < -0.3 is 4.84 Å². The molecule has 0 bridgehead atoms. The summed E-state index contributed by atoms with van der Waals surface area (Å²) in [5, 5.41) is 10.1. The van der Waals surface area contributed by atoms with Crippen molar-refractivity contribution >= 4 is 16.6 Å². The number of benzene rings is 1. The number of hydrogen-bond donors (Lipinski definition) is 0. The molecule has 4 heteroatoms. The van der Waals surface area contributed by atoms with Crippen LogP contribution in [0, 0.1) is 6.92 Å². The minimum Gasteiger partial charge on any atom is -0.389 e. The van der Waals surface area contributed by atoms with Crippen molar-refractivity contribution in [2.75, 3.05) is 0 Å². The Hall–Kier alpha value is -1.84. The molecule has 0 atom stereocenters. The van der Waals surface area contributed by atoms with Gasteiger partial charge in [0.25, 0.3) is 0 Å². The second kappa shape index (κ2) is 4.58. The van der Waals surface area contributed by atoms with Crippen LogP contribution in [0.4, 0.5) is 0 Å². The number of fused-ring (bicyclic) bond motifs is 1. The summed E-state index contributed by atoms with van der Waals surface area (Å²) in [6.07, 6.45) is 7.11. The Kier molecular flexibility index (Phi) is 2.81. The van der Waals surface area contributed by atoms with E-state index in [0.717, 1.165) is 36.2 Å². The van der Waals surface area contributed by atoms with E-state index in [1.807, 2.05) is 11.7 Å². The van der Waals surface area contributed by atoms with E-state index in [4.69, 9.17) is 4.84 Å². The Morgan fingerprint density at radius 1 is 1.19 bits per heavy atom. The molecular weight excluding hydrogens is 262 g/mol. The third kappa shape index (κ3) is 2.04. The summed E-state index contributed by atoms with van der Waals surface area (Å²) in [5.74, 6) is 0. The third-order valence-corrected chi connectivity index (χ3v) is 4.97. The van der Waals surface area contributed by atoms with Gasteiger partial charge in [0.05, 0.1) is 16.9 Å². The van der Waals surface area contributed by atoms with Crippen LogP contribution in [0.5, 0.6) is 0 Å². The summed E-state index contributed by atoms with van der Waals surface area (Å²) in [7, 11) is 1.99. The highest BCUT2D eigenvalue weighted by molar-refractivity contribution is 6.04. The minimum absolute atomic E-state index is 0.00901. The van der Waals surface area contributed by atoms with E-state index < -0.39 is 0 Å². The first-order chi connectivity index (χ1) is 10.2. The quantitative estimate of drug-likeness (QED) is 0.800. The van der Waals surface area contributed by atoms with E-state index in [9.17, 15) is 0 Å². The molecule has 110 valence electrons. The van der Waals surface area contributed by atoms with E-state index in [1.165, 1.54) is 30.2 Å². The summed E-state index contributed by atoms with van der Waals surface area (Å²) in [4.78, 5) is 5.86. The molecule has 21 heavy (non-hydrogen) atoms. The molecule has 0 saturated heterocycles. The molecule has 4 nitrogen and oxygen atoms in total. The minimum atomic E-state index is -0.00901. The van der Waals surface area contributed by atoms with Crippen molar-refractivity contribution in [2.24, 2.45) is 12.2 Å². The molecule has 0 radical (unpaired) electrons. The first kappa shape index (κ1) is 12.9. The topological polar surface area (TPSA) is 39.4 Å². The fourth-order valence-corrected chi connectivity index (χ4v) is 3.76. The SMILES string of the molecule is Cc1nn(C)c2cc(C3=NOC4(CCCCC4)C3)ccc12. The van der Waals surface area contributed by atoms with Gasteiger partial charge in [-0.15, -0.1) is 0 Å². The van der Waals surface area contributed by atoms with Crippen LogP contribution in [0.1, 0.15) is 49.8 Å². The fraction of sp³-hybridized carbons (Fsp3) is 0.529. The van der Waals surface area contributed by atoms with Gasteiger partial charge in [0.1, 0.15) is 5.60 Å². The predicted octanol–water partition coefficient (Wildman–Crippen LogP) is 3.71. The number of oxime groups is 1. The first-order valence-electron chi connectivity index (χ1n) is 7.86. The molecule has 1 aromatic carbocycles. The fourth-order valence-electron chi connectivity index (χ4n) is 3.76. The van der Waals surface area contributed by atoms with E-state index in [2.05, 4.69) is 35.4 Å². The van der Waals surface area contributed by atoms with E-state index >= 15 is 0 Å². The maximum atomic E-state index is 5.86. The number of nitrogens with zero attached hydrogens (tertiary/aromatic N) is 3. The van der Waals surface area contributed by atoms with Crippen LogP contribution in [0.3, 0.4) is 0 Å². The van der Waals surface area contributed by atoms with Crippen LogP contribution >= 0.6 is 0 Å². The maximum Gasteiger partial charge on any atom is 0.143 e. The average molecular weight is 283 g/mol. The Bertz CT molecular complexity index is 723. The zero-order valence-corrected chi connectivity index (χ0v) is 12.7. The average Bonchev–Trinajstić information content (AvgIpc) is 3.02. The highest BCUT2D eigenvalue weighted by Gasteiger charge is 2.40. The number of aromatic nitrogens is 2. The summed E-state index contributed by atoms with van der Waals surface area (Å²) in [6, 6.07) is 6.50. The first-order valence-corrected chi connectivity index (χ1v) is 7.86. The smallest absolute Gasteiger partial charge is 0.143 e. The molecule has 0 amide bonds. The molecule has 2 aliphatic rings. The van der Waals surface area contributed by atoms with Crippen LogP contribution < -0.4 is 0 Å². The second-order valence-electron chi connectivity index (χ2n) is 6.49. The standard InChI is InChI=1S/C17H21N3O/c1-12-14-7-6-13(10-16(14)20(2)18-12)15-11-17(21-19-15)8-4-3-5-9-17/h6-7,10H,3-5,8-9,11H2,1-2H3. The summed E-state index contributed by atoms with van der Waals surface area (Å²) in [5.41, 5.74) is 4.50. The van der Waals surface area contributed by atoms with Gasteiger partial charge in [-0.25, -0.2) is 0 Å². The molecule has 1 spiro atoms. The van der Waals surface area contributed by atoms with Gasteiger partial charge in [-0.2, -0.15) is 5.10 Å². The van der Waals surface area contributed by atoms with Gasteiger partial charge in [-0.1, -0.05) is 23.7 Å². The van der Waals surface area contributed by atoms with Crippen molar-refractivity contribution < 1.29 is 4.84 Å². The van der Waals surface area contributed by atoms with Crippen molar-refractivity contribution in [1.82, 2.24) is 9.78 Å². The lowest BCUT2D eigenvalue weighted by atomic mass is 9.81. The van der Waals surface area contributed by atoms with E-state index in [1.54, 1.807) is 0 Å². The monoisotopic (exact) mass is 283 g/mol. The van der Waals surface area contributed by atoms with Gasteiger partial charge in [0.15, 0.2) is 0 Å². The summed E-state index contributed by atoms with van der Waals surface area (Å²) >= 11 is 0. The van der Waals surface area contributed by atoms with Crippen molar-refractivity contribution in [3.63, 3.8) is 0 Å².